The molecule has 1 heterocycles. The predicted molar refractivity (Wildman–Crippen MR) is 85.4 cm³/mol. The molecule has 0 aliphatic heterocycles. The predicted octanol–water partition coefficient (Wildman–Crippen LogP) is 3.54. The molecule has 2 aromatic rings. The van der Waals surface area contributed by atoms with Crippen LogP contribution in [0.4, 0.5) is 0 Å². The number of ether oxygens (including phenoxy) is 2. The van der Waals surface area contributed by atoms with Crippen LogP contribution >= 0.6 is 11.8 Å². The summed E-state index contributed by atoms with van der Waals surface area (Å²) in [5.74, 6) is 1.87. The lowest BCUT2D eigenvalue weighted by Crippen LogP contribution is -1.95. The van der Waals surface area contributed by atoms with Gasteiger partial charge in [0.2, 0.25) is 5.89 Å². The zero-order valence-corrected chi connectivity index (χ0v) is 13.8. The van der Waals surface area contributed by atoms with Gasteiger partial charge in [-0.25, -0.2) is 0 Å². The van der Waals surface area contributed by atoms with E-state index in [1.165, 1.54) is 0 Å². The SMILES string of the molecule is COc1ccc(-c2nnc(S[C@H]3CC[C@@H](C#N)C3)o2)cc1OC. The number of rotatable bonds is 5. The Bertz CT molecular complexity index is 726. The molecule has 1 aliphatic rings. The second kappa shape index (κ2) is 6.92. The summed E-state index contributed by atoms with van der Waals surface area (Å²) in [4.78, 5) is 0. The molecule has 1 saturated carbocycles. The Kier molecular flexibility index (Phi) is 4.72. The van der Waals surface area contributed by atoms with E-state index in [2.05, 4.69) is 16.3 Å². The summed E-state index contributed by atoms with van der Waals surface area (Å²) in [6.07, 6.45) is 2.84. The fourth-order valence-corrected chi connectivity index (χ4v) is 3.73. The molecule has 3 rings (SSSR count). The first kappa shape index (κ1) is 15.7. The molecule has 1 aliphatic carbocycles. The Balaban J connectivity index is 1.73. The van der Waals surface area contributed by atoms with Gasteiger partial charge in [-0.3, -0.25) is 0 Å². The van der Waals surface area contributed by atoms with Crippen molar-refractivity contribution < 1.29 is 13.9 Å². The lowest BCUT2D eigenvalue weighted by molar-refractivity contribution is 0.355. The molecular weight excluding hydrogens is 314 g/mol. The number of nitriles is 1. The van der Waals surface area contributed by atoms with E-state index in [9.17, 15) is 0 Å². The van der Waals surface area contributed by atoms with Crippen LogP contribution in [0.2, 0.25) is 0 Å². The van der Waals surface area contributed by atoms with Crippen molar-refractivity contribution in [3.05, 3.63) is 18.2 Å². The van der Waals surface area contributed by atoms with Crippen LogP contribution in [-0.2, 0) is 0 Å². The third kappa shape index (κ3) is 3.42. The van der Waals surface area contributed by atoms with Crippen LogP contribution in [0.15, 0.2) is 27.8 Å². The van der Waals surface area contributed by atoms with Gasteiger partial charge in [-0.2, -0.15) is 5.26 Å². The first-order valence-corrected chi connectivity index (χ1v) is 8.23. The highest BCUT2D eigenvalue weighted by atomic mass is 32.2. The van der Waals surface area contributed by atoms with Crippen LogP contribution in [0.3, 0.4) is 0 Å². The van der Waals surface area contributed by atoms with E-state index in [0.717, 1.165) is 24.8 Å². The van der Waals surface area contributed by atoms with Gasteiger partial charge in [0.15, 0.2) is 11.5 Å². The van der Waals surface area contributed by atoms with E-state index in [4.69, 9.17) is 19.2 Å². The molecule has 0 bridgehead atoms. The largest absolute Gasteiger partial charge is 0.493 e. The molecule has 6 nitrogen and oxygen atoms in total. The maximum absolute atomic E-state index is 8.96. The summed E-state index contributed by atoms with van der Waals surface area (Å²) in [7, 11) is 3.18. The van der Waals surface area contributed by atoms with E-state index in [1.807, 2.05) is 12.1 Å². The number of benzene rings is 1. The Morgan fingerprint density at radius 1 is 1.22 bits per heavy atom. The number of aromatic nitrogens is 2. The van der Waals surface area contributed by atoms with Crippen molar-refractivity contribution in [1.82, 2.24) is 10.2 Å². The number of hydrogen-bond donors (Lipinski definition) is 0. The third-order valence-corrected chi connectivity index (χ3v) is 5.00. The van der Waals surface area contributed by atoms with E-state index >= 15 is 0 Å². The van der Waals surface area contributed by atoms with Gasteiger partial charge in [-0.15, -0.1) is 10.2 Å². The van der Waals surface area contributed by atoms with Crippen molar-refractivity contribution in [2.45, 2.75) is 29.7 Å². The first-order valence-electron chi connectivity index (χ1n) is 7.35. The molecule has 120 valence electrons. The maximum atomic E-state index is 8.96. The molecule has 7 heteroatoms. The van der Waals surface area contributed by atoms with Crippen molar-refractivity contribution in [2.24, 2.45) is 5.92 Å². The molecule has 0 saturated heterocycles. The standard InChI is InChI=1S/C16H17N3O3S/c1-20-13-6-4-11(8-14(13)21-2)15-18-19-16(22-15)23-12-5-3-10(7-12)9-17/h4,6,8,10,12H,3,5,7H2,1-2H3/t10-,12+/m1/s1. The van der Waals surface area contributed by atoms with Gasteiger partial charge in [0.1, 0.15) is 0 Å². The Morgan fingerprint density at radius 3 is 2.74 bits per heavy atom. The molecular formula is C16H17N3O3S. The van der Waals surface area contributed by atoms with Crippen LogP contribution in [0.5, 0.6) is 11.5 Å². The van der Waals surface area contributed by atoms with E-state index in [-0.39, 0.29) is 5.92 Å². The minimum atomic E-state index is 0.153. The van der Waals surface area contributed by atoms with E-state index < -0.39 is 0 Å². The van der Waals surface area contributed by atoms with E-state index in [1.54, 1.807) is 32.0 Å². The Hall–Kier alpha value is -2.20. The average Bonchev–Trinajstić information content (AvgIpc) is 3.24. The van der Waals surface area contributed by atoms with Crippen molar-refractivity contribution in [1.29, 1.82) is 5.26 Å². The number of methoxy groups -OCH3 is 2. The van der Waals surface area contributed by atoms with Gasteiger partial charge >= 0.3 is 0 Å². The third-order valence-electron chi connectivity index (χ3n) is 3.87. The second-order valence-electron chi connectivity index (χ2n) is 5.32. The van der Waals surface area contributed by atoms with Crippen LogP contribution < -0.4 is 9.47 Å². The maximum Gasteiger partial charge on any atom is 0.277 e. The van der Waals surface area contributed by atoms with Crippen molar-refractivity contribution in [3.8, 4) is 29.0 Å². The summed E-state index contributed by atoms with van der Waals surface area (Å²) in [5, 5.41) is 18.1. The van der Waals surface area contributed by atoms with Crippen molar-refractivity contribution in [3.63, 3.8) is 0 Å². The minimum Gasteiger partial charge on any atom is -0.493 e. The van der Waals surface area contributed by atoms with Gasteiger partial charge in [0.25, 0.3) is 5.22 Å². The number of thioether (sulfide) groups is 1. The summed E-state index contributed by atoms with van der Waals surface area (Å²) in [6, 6.07) is 7.79. The number of hydrogen-bond acceptors (Lipinski definition) is 7. The average molecular weight is 331 g/mol. The molecule has 0 spiro atoms. The zero-order chi connectivity index (χ0) is 16.2. The molecule has 1 aromatic carbocycles. The lowest BCUT2D eigenvalue weighted by atomic mass is 10.1. The molecule has 1 fully saturated rings. The zero-order valence-electron chi connectivity index (χ0n) is 13.0. The van der Waals surface area contributed by atoms with Gasteiger partial charge in [0, 0.05) is 16.7 Å². The highest BCUT2D eigenvalue weighted by molar-refractivity contribution is 7.99. The Morgan fingerprint density at radius 2 is 2.04 bits per heavy atom. The number of nitrogens with zero attached hydrogens (tertiary/aromatic N) is 3. The smallest absolute Gasteiger partial charge is 0.277 e. The summed E-state index contributed by atoms with van der Waals surface area (Å²) in [5.41, 5.74) is 0.781. The molecule has 2 atom stereocenters. The van der Waals surface area contributed by atoms with Gasteiger partial charge < -0.3 is 13.9 Å². The van der Waals surface area contributed by atoms with Gasteiger partial charge in [-0.05, 0) is 37.5 Å². The fraction of sp³-hybridized carbons (Fsp3) is 0.438. The summed E-state index contributed by atoms with van der Waals surface area (Å²) in [6.45, 7) is 0. The van der Waals surface area contributed by atoms with Crippen molar-refractivity contribution in [2.75, 3.05) is 14.2 Å². The minimum absolute atomic E-state index is 0.153. The highest BCUT2D eigenvalue weighted by Crippen LogP contribution is 2.38. The molecule has 0 radical (unpaired) electrons. The van der Waals surface area contributed by atoms with Crippen LogP contribution in [-0.4, -0.2) is 29.7 Å². The fourth-order valence-electron chi connectivity index (χ4n) is 2.65. The molecule has 1 aromatic heterocycles. The van der Waals surface area contributed by atoms with Gasteiger partial charge in [-0.1, -0.05) is 11.8 Å². The Labute approximate surface area is 138 Å². The quantitative estimate of drug-likeness (QED) is 0.828. The van der Waals surface area contributed by atoms with E-state index in [0.29, 0.717) is 27.9 Å². The van der Waals surface area contributed by atoms with Gasteiger partial charge in [0.05, 0.1) is 20.3 Å². The van der Waals surface area contributed by atoms with Crippen LogP contribution in [0.1, 0.15) is 19.3 Å². The molecule has 0 N–H and O–H groups in total. The monoisotopic (exact) mass is 331 g/mol. The molecule has 0 amide bonds. The summed E-state index contributed by atoms with van der Waals surface area (Å²) < 4.78 is 16.2. The molecule has 0 unspecified atom stereocenters. The van der Waals surface area contributed by atoms with Crippen molar-refractivity contribution >= 4 is 11.8 Å². The van der Waals surface area contributed by atoms with Crippen LogP contribution in [0.25, 0.3) is 11.5 Å². The normalized spacial score (nSPS) is 20.2. The second-order valence-corrected chi connectivity index (χ2v) is 6.57. The highest BCUT2D eigenvalue weighted by Gasteiger charge is 2.27. The molecule has 23 heavy (non-hydrogen) atoms. The first-order chi connectivity index (χ1) is 11.2. The summed E-state index contributed by atoms with van der Waals surface area (Å²) >= 11 is 1.56. The lowest BCUT2D eigenvalue weighted by Gasteiger charge is -2.07. The topological polar surface area (TPSA) is 81.2 Å². The van der Waals surface area contributed by atoms with Crippen LogP contribution in [0, 0.1) is 17.2 Å².